The highest BCUT2D eigenvalue weighted by Gasteiger charge is 2.12. The van der Waals surface area contributed by atoms with Gasteiger partial charge in [0.2, 0.25) is 0 Å². The topological polar surface area (TPSA) is 68.8 Å². The third-order valence-electron chi connectivity index (χ3n) is 2.53. The van der Waals surface area contributed by atoms with Crippen LogP contribution in [0.5, 0.6) is 11.5 Å². The Labute approximate surface area is 123 Å². The van der Waals surface area contributed by atoms with E-state index in [0.29, 0.717) is 35.4 Å². The van der Waals surface area contributed by atoms with Gasteiger partial charge in [-0.25, -0.2) is 4.79 Å². The second-order valence-corrected chi connectivity index (χ2v) is 4.32. The molecule has 0 unspecified atom stereocenters. The van der Waals surface area contributed by atoms with Crippen LogP contribution in [0.25, 0.3) is 0 Å². The van der Waals surface area contributed by atoms with Gasteiger partial charge in [0.1, 0.15) is 11.5 Å². The zero-order valence-electron chi connectivity index (χ0n) is 11.8. The minimum absolute atomic E-state index is 0.330. The summed E-state index contributed by atoms with van der Waals surface area (Å²) in [5, 5.41) is 5.81. The Bertz CT molecular complexity index is 454. The SMILES string of the molecule is COCCCNC(=O)Nc1cc(OC)c(Cl)cc1OC. The van der Waals surface area contributed by atoms with Crippen LogP contribution in [0, 0.1) is 0 Å². The van der Waals surface area contributed by atoms with Gasteiger partial charge in [-0.3, -0.25) is 0 Å². The summed E-state index contributed by atoms with van der Waals surface area (Å²) in [5.41, 5.74) is 0.484. The standard InChI is InChI=1S/C13H19ClN2O4/c1-18-6-4-5-15-13(17)16-10-8-11(19-2)9(14)7-12(10)20-3/h7-8H,4-6H2,1-3H3,(H2,15,16,17). The molecule has 6 nitrogen and oxygen atoms in total. The van der Waals surface area contributed by atoms with Crippen LogP contribution in [0.2, 0.25) is 5.02 Å². The summed E-state index contributed by atoms with van der Waals surface area (Å²) in [5.74, 6) is 0.921. The zero-order valence-corrected chi connectivity index (χ0v) is 12.5. The van der Waals surface area contributed by atoms with E-state index in [1.165, 1.54) is 14.2 Å². The van der Waals surface area contributed by atoms with Crippen LogP contribution < -0.4 is 20.1 Å². The summed E-state index contributed by atoms with van der Waals surface area (Å²) in [7, 11) is 4.62. The molecule has 0 saturated heterocycles. The molecule has 1 aromatic rings. The van der Waals surface area contributed by atoms with E-state index >= 15 is 0 Å². The van der Waals surface area contributed by atoms with E-state index in [4.69, 9.17) is 25.8 Å². The third-order valence-corrected chi connectivity index (χ3v) is 2.83. The average molecular weight is 303 g/mol. The van der Waals surface area contributed by atoms with Crippen molar-refractivity contribution in [3.05, 3.63) is 17.2 Å². The molecule has 1 aromatic carbocycles. The molecule has 0 saturated carbocycles. The molecular formula is C13H19ClN2O4. The molecule has 2 N–H and O–H groups in total. The largest absolute Gasteiger partial charge is 0.495 e. The van der Waals surface area contributed by atoms with E-state index in [0.717, 1.165) is 6.42 Å². The summed E-state index contributed by atoms with van der Waals surface area (Å²) in [6.45, 7) is 1.12. The smallest absolute Gasteiger partial charge is 0.319 e. The molecule has 112 valence electrons. The molecule has 0 heterocycles. The fraction of sp³-hybridized carbons (Fsp3) is 0.462. The number of amides is 2. The lowest BCUT2D eigenvalue weighted by Gasteiger charge is -2.13. The lowest BCUT2D eigenvalue weighted by molar-refractivity contribution is 0.194. The second-order valence-electron chi connectivity index (χ2n) is 3.91. The molecule has 0 spiro atoms. The van der Waals surface area contributed by atoms with Crippen molar-refractivity contribution in [3.8, 4) is 11.5 Å². The van der Waals surface area contributed by atoms with Crippen molar-refractivity contribution >= 4 is 23.3 Å². The Morgan fingerprint density at radius 2 is 1.90 bits per heavy atom. The molecule has 0 fully saturated rings. The predicted octanol–water partition coefficient (Wildman–Crippen LogP) is 2.52. The van der Waals surface area contributed by atoms with Crippen molar-refractivity contribution in [2.24, 2.45) is 0 Å². The zero-order chi connectivity index (χ0) is 15.0. The molecule has 2 amide bonds. The maximum absolute atomic E-state index is 11.7. The first-order valence-corrected chi connectivity index (χ1v) is 6.45. The Balaban J connectivity index is 2.68. The van der Waals surface area contributed by atoms with Crippen molar-refractivity contribution in [2.45, 2.75) is 6.42 Å². The second kappa shape index (κ2) is 8.50. The molecule has 20 heavy (non-hydrogen) atoms. The molecule has 0 aromatic heterocycles. The summed E-state index contributed by atoms with van der Waals surface area (Å²) >= 11 is 5.99. The predicted molar refractivity (Wildman–Crippen MR) is 78.1 cm³/mol. The minimum atomic E-state index is -0.330. The summed E-state index contributed by atoms with van der Waals surface area (Å²) in [4.78, 5) is 11.7. The van der Waals surface area contributed by atoms with E-state index in [1.807, 2.05) is 0 Å². The van der Waals surface area contributed by atoms with Gasteiger partial charge in [-0.1, -0.05) is 11.6 Å². The van der Waals surface area contributed by atoms with Crippen LogP contribution in [0.3, 0.4) is 0 Å². The first kappa shape index (κ1) is 16.4. The van der Waals surface area contributed by atoms with Gasteiger partial charge in [0.25, 0.3) is 0 Å². The van der Waals surface area contributed by atoms with Gasteiger partial charge >= 0.3 is 6.03 Å². The number of nitrogens with one attached hydrogen (secondary N) is 2. The van der Waals surface area contributed by atoms with Crippen LogP contribution in [0.4, 0.5) is 10.5 Å². The van der Waals surface area contributed by atoms with E-state index in [1.54, 1.807) is 19.2 Å². The lowest BCUT2D eigenvalue weighted by Crippen LogP contribution is -2.30. The van der Waals surface area contributed by atoms with E-state index in [-0.39, 0.29) is 6.03 Å². The molecule has 0 bridgehead atoms. The van der Waals surface area contributed by atoms with Crippen LogP contribution in [-0.4, -0.2) is 40.5 Å². The van der Waals surface area contributed by atoms with Crippen LogP contribution >= 0.6 is 11.6 Å². The number of hydrogen-bond donors (Lipinski definition) is 2. The Kier molecular flexibility index (Phi) is 6.97. The Morgan fingerprint density at radius 1 is 1.20 bits per heavy atom. The highest BCUT2D eigenvalue weighted by atomic mass is 35.5. The highest BCUT2D eigenvalue weighted by molar-refractivity contribution is 6.32. The number of hydrogen-bond acceptors (Lipinski definition) is 4. The maximum Gasteiger partial charge on any atom is 0.319 e. The van der Waals surface area contributed by atoms with Crippen molar-refractivity contribution < 1.29 is 19.0 Å². The van der Waals surface area contributed by atoms with Gasteiger partial charge in [-0.15, -0.1) is 0 Å². The summed E-state index contributed by atoms with van der Waals surface area (Å²) < 4.78 is 15.2. The number of halogens is 1. The summed E-state index contributed by atoms with van der Waals surface area (Å²) in [6.07, 6.45) is 0.741. The first-order chi connectivity index (χ1) is 9.62. The molecule has 0 radical (unpaired) electrons. The minimum Gasteiger partial charge on any atom is -0.495 e. The van der Waals surface area contributed by atoms with Crippen LogP contribution in [0.1, 0.15) is 6.42 Å². The lowest BCUT2D eigenvalue weighted by atomic mass is 10.2. The summed E-state index contributed by atoms with van der Waals surface area (Å²) in [6, 6.07) is 2.86. The van der Waals surface area contributed by atoms with Crippen LogP contribution in [-0.2, 0) is 4.74 Å². The van der Waals surface area contributed by atoms with Crippen molar-refractivity contribution in [1.82, 2.24) is 5.32 Å². The fourth-order valence-corrected chi connectivity index (χ4v) is 1.77. The van der Waals surface area contributed by atoms with Crippen molar-refractivity contribution in [1.29, 1.82) is 0 Å². The monoisotopic (exact) mass is 302 g/mol. The Hall–Kier alpha value is -1.66. The van der Waals surface area contributed by atoms with Gasteiger partial charge in [0, 0.05) is 32.4 Å². The number of urea groups is 1. The molecule has 0 aliphatic rings. The molecule has 0 atom stereocenters. The van der Waals surface area contributed by atoms with Crippen molar-refractivity contribution in [2.75, 3.05) is 39.8 Å². The van der Waals surface area contributed by atoms with Crippen molar-refractivity contribution in [3.63, 3.8) is 0 Å². The average Bonchev–Trinajstić information content (AvgIpc) is 2.45. The fourth-order valence-electron chi connectivity index (χ4n) is 1.54. The molecule has 7 heteroatoms. The molecular weight excluding hydrogens is 284 g/mol. The molecule has 1 rings (SSSR count). The van der Waals surface area contributed by atoms with E-state index in [9.17, 15) is 4.79 Å². The van der Waals surface area contributed by atoms with E-state index < -0.39 is 0 Å². The van der Waals surface area contributed by atoms with Gasteiger partial charge in [0.05, 0.1) is 24.9 Å². The third kappa shape index (κ3) is 4.79. The van der Waals surface area contributed by atoms with Gasteiger partial charge in [-0.05, 0) is 6.42 Å². The van der Waals surface area contributed by atoms with Gasteiger partial charge in [-0.2, -0.15) is 0 Å². The molecule has 0 aliphatic carbocycles. The number of anilines is 1. The number of ether oxygens (including phenoxy) is 3. The number of methoxy groups -OCH3 is 3. The van der Waals surface area contributed by atoms with Gasteiger partial charge in [0.15, 0.2) is 0 Å². The quantitative estimate of drug-likeness (QED) is 0.759. The normalized spacial score (nSPS) is 10.0. The number of carbonyl (C=O) groups is 1. The first-order valence-electron chi connectivity index (χ1n) is 6.07. The number of benzene rings is 1. The number of rotatable bonds is 7. The maximum atomic E-state index is 11.7. The Morgan fingerprint density at radius 3 is 2.50 bits per heavy atom. The highest BCUT2D eigenvalue weighted by Crippen LogP contribution is 2.35. The van der Waals surface area contributed by atoms with Crippen LogP contribution in [0.15, 0.2) is 12.1 Å². The van der Waals surface area contributed by atoms with E-state index in [2.05, 4.69) is 10.6 Å². The molecule has 0 aliphatic heterocycles. The van der Waals surface area contributed by atoms with Gasteiger partial charge < -0.3 is 24.8 Å². The number of carbonyl (C=O) groups excluding carboxylic acids is 1.